The van der Waals surface area contributed by atoms with Gasteiger partial charge in [0.25, 0.3) is 0 Å². The average Bonchev–Trinajstić information content (AvgIpc) is 3.02. The molecule has 0 aliphatic carbocycles. The first-order valence-electron chi connectivity index (χ1n) is 8.38. The maximum Gasteiger partial charge on any atom is 0.194 e. The Morgan fingerprint density at radius 1 is 1.42 bits per heavy atom. The molecule has 0 saturated heterocycles. The fraction of sp³-hybridized carbons (Fsp3) is 0.471. The molecule has 0 spiro atoms. The van der Waals surface area contributed by atoms with E-state index < -0.39 is 6.10 Å². The van der Waals surface area contributed by atoms with Crippen LogP contribution in [-0.2, 0) is 13.6 Å². The van der Waals surface area contributed by atoms with E-state index in [9.17, 15) is 9.50 Å². The van der Waals surface area contributed by atoms with Crippen molar-refractivity contribution in [1.82, 2.24) is 25.0 Å². The number of guanidine groups is 1. The maximum atomic E-state index is 12.9. The SMILES string of the molecule is CCNC(=NCC(O)COc1ccc(F)cc1)N(C)Cc1ncnn1C. The van der Waals surface area contributed by atoms with Gasteiger partial charge in [0.05, 0.1) is 13.1 Å². The lowest BCUT2D eigenvalue weighted by molar-refractivity contribution is 0.114. The fourth-order valence-electron chi connectivity index (χ4n) is 2.19. The van der Waals surface area contributed by atoms with E-state index in [1.807, 2.05) is 25.9 Å². The second kappa shape index (κ2) is 9.71. The van der Waals surface area contributed by atoms with Gasteiger partial charge in [-0.15, -0.1) is 0 Å². The van der Waals surface area contributed by atoms with E-state index in [1.54, 1.807) is 4.68 Å². The van der Waals surface area contributed by atoms with Crippen LogP contribution in [-0.4, -0.2) is 63.6 Å². The predicted molar refractivity (Wildman–Crippen MR) is 96.4 cm³/mol. The van der Waals surface area contributed by atoms with E-state index in [0.717, 1.165) is 5.82 Å². The van der Waals surface area contributed by atoms with Crippen molar-refractivity contribution in [1.29, 1.82) is 0 Å². The third kappa shape index (κ3) is 5.99. The smallest absolute Gasteiger partial charge is 0.194 e. The number of hydrogen-bond donors (Lipinski definition) is 2. The zero-order chi connectivity index (χ0) is 18.9. The Hall–Kier alpha value is -2.68. The summed E-state index contributed by atoms with van der Waals surface area (Å²) in [5, 5.41) is 17.3. The molecule has 1 atom stereocenters. The highest BCUT2D eigenvalue weighted by molar-refractivity contribution is 5.79. The Labute approximate surface area is 152 Å². The van der Waals surface area contributed by atoms with E-state index in [1.165, 1.54) is 30.6 Å². The number of nitrogens with zero attached hydrogens (tertiary/aromatic N) is 5. The van der Waals surface area contributed by atoms with Gasteiger partial charge in [0.15, 0.2) is 5.96 Å². The van der Waals surface area contributed by atoms with Crippen LogP contribution in [0.15, 0.2) is 35.6 Å². The van der Waals surface area contributed by atoms with Gasteiger partial charge in [-0.1, -0.05) is 0 Å². The van der Waals surface area contributed by atoms with Crippen LogP contribution in [0.25, 0.3) is 0 Å². The normalized spacial score (nSPS) is 12.7. The van der Waals surface area contributed by atoms with E-state index in [-0.39, 0.29) is 19.0 Å². The van der Waals surface area contributed by atoms with Crippen molar-refractivity contribution >= 4 is 5.96 Å². The minimum atomic E-state index is -0.781. The second-order valence-corrected chi connectivity index (χ2v) is 5.77. The number of nitrogens with one attached hydrogen (secondary N) is 1. The van der Waals surface area contributed by atoms with Crippen LogP contribution in [0.2, 0.25) is 0 Å². The molecule has 2 rings (SSSR count). The van der Waals surface area contributed by atoms with E-state index in [4.69, 9.17) is 4.74 Å². The number of halogens is 1. The maximum absolute atomic E-state index is 12.9. The molecule has 0 saturated carbocycles. The summed E-state index contributed by atoms with van der Waals surface area (Å²) >= 11 is 0. The summed E-state index contributed by atoms with van der Waals surface area (Å²) in [6.45, 7) is 3.45. The number of rotatable bonds is 8. The molecular formula is C17H25FN6O2. The first-order chi connectivity index (χ1) is 12.5. The second-order valence-electron chi connectivity index (χ2n) is 5.77. The van der Waals surface area contributed by atoms with Crippen molar-refractivity contribution < 1.29 is 14.2 Å². The van der Waals surface area contributed by atoms with E-state index in [2.05, 4.69) is 20.4 Å². The highest BCUT2D eigenvalue weighted by Gasteiger charge is 2.11. The van der Waals surface area contributed by atoms with Gasteiger partial charge in [0.2, 0.25) is 0 Å². The third-order valence-electron chi connectivity index (χ3n) is 3.59. The van der Waals surface area contributed by atoms with Crippen LogP contribution < -0.4 is 10.1 Å². The Kier molecular flexibility index (Phi) is 7.34. The van der Waals surface area contributed by atoms with Gasteiger partial charge < -0.3 is 20.1 Å². The third-order valence-corrected chi connectivity index (χ3v) is 3.59. The summed E-state index contributed by atoms with van der Waals surface area (Å²) in [6.07, 6.45) is 0.723. The number of ether oxygens (including phenoxy) is 1. The molecule has 0 bridgehead atoms. The first-order valence-corrected chi connectivity index (χ1v) is 8.38. The van der Waals surface area contributed by atoms with Crippen molar-refractivity contribution in [2.75, 3.05) is 26.7 Å². The first kappa shape index (κ1) is 19.6. The summed E-state index contributed by atoms with van der Waals surface area (Å²) in [5.41, 5.74) is 0. The van der Waals surface area contributed by atoms with Gasteiger partial charge in [-0.3, -0.25) is 9.67 Å². The molecule has 142 valence electrons. The Bertz CT molecular complexity index is 704. The number of aromatic nitrogens is 3. The van der Waals surface area contributed by atoms with Crippen molar-refractivity contribution in [3.63, 3.8) is 0 Å². The van der Waals surface area contributed by atoms with Gasteiger partial charge in [0.1, 0.15) is 36.4 Å². The zero-order valence-electron chi connectivity index (χ0n) is 15.3. The molecule has 26 heavy (non-hydrogen) atoms. The lowest BCUT2D eigenvalue weighted by atomic mass is 10.3. The van der Waals surface area contributed by atoms with Crippen LogP contribution in [0.1, 0.15) is 12.7 Å². The molecule has 2 aromatic rings. The topological polar surface area (TPSA) is 87.8 Å². The number of benzene rings is 1. The van der Waals surface area contributed by atoms with Gasteiger partial charge in [-0.25, -0.2) is 9.37 Å². The lowest BCUT2D eigenvalue weighted by Crippen LogP contribution is -2.39. The predicted octanol–water partition coefficient (Wildman–Crippen LogP) is 0.791. The fourth-order valence-corrected chi connectivity index (χ4v) is 2.19. The van der Waals surface area contributed by atoms with Crippen molar-refractivity contribution in [2.45, 2.75) is 19.6 Å². The van der Waals surface area contributed by atoms with Gasteiger partial charge in [-0.05, 0) is 31.2 Å². The molecule has 1 aromatic carbocycles. The summed E-state index contributed by atoms with van der Waals surface area (Å²) in [7, 11) is 3.72. The standard InChI is InChI=1S/C17H25FN6O2/c1-4-19-17(23(2)10-16-21-12-22-24(16)3)20-9-14(25)11-26-15-7-5-13(18)6-8-15/h5-8,12,14,25H,4,9-11H2,1-3H3,(H,19,20). The highest BCUT2D eigenvalue weighted by Crippen LogP contribution is 2.11. The summed E-state index contributed by atoms with van der Waals surface area (Å²) in [6, 6.07) is 5.66. The van der Waals surface area contributed by atoms with Gasteiger partial charge in [0, 0.05) is 20.6 Å². The molecule has 1 unspecified atom stereocenters. The highest BCUT2D eigenvalue weighted by atomic mass is 19.1. The number of hydrogen-bond acceptors (Lipinski definition) is 5. The van der Waals surface area contributed by atoms with Crippen LogP contribution in [0.3, 0.4) is 0 Å². The molecule has 0 amide bonds. The Morgan fingerprint density at radius 2 is 2.15 bits per heavy atom. The summed E-state index contributed by atoms with van der Waals surface area (Å²) < 4.78 is 20.0. The lowest BCUT2D eigenvalue weighted by Gasteiger charge is -2.22. The van der Waals surface area contributed by atoms with Gasteiger partial charge in [-0.2, -0.15) is 5.10 Å². The largest absolute Gasteiger partial charge is 0.491 e. The number of aliphatic hydroxyl groups is 1. The molecule has 0 aliphatic heterocycles. The monoisotopic (exact) mass is 364 g/mol. The van der Waals surface area contributed by atoms with Crippen molar-refractivity contribution in [2.24, 2.45) is 12.0 Å². The van der Waals surface area contributed by atoms with E-state index >= 15 is 0 Å². The number of aliphatic imine (C=N–C) groups is 1. The number of aryl methyl sites for hydroxylation is 1. The van der Waals surface area contributed by atoms with E-state index in [0.29, 0.717) is 24.8 Å². The Balaban J connectivity index is 1.88. The van der Waals surface area contributed by atoms with Crippen LogP contribution in [0.4, 0.5) is 4.39 Å². The van der Waals surface area contributed by atoms with Crippen LogP contribution >= 0.6 is 0 Å². The summed E-state index contributed by atoms with van der Waals surface area (Å²) in [5.74, 6) is 1.62. The molecule has 1 heterocycles. The molecule has 0 radical (unpaired) electrons. The summed E-state index contributed by atoms with van der Waals surface area (Å²) in [4.78, 5) is 10.5. The molecule has 8 nitrogen and oxygen atoms in total. The number of aliphatic hydroxyl groups excluding tert-OH is 1. The van der Waals surface area contributed by atoms with Crippen LogP contribution in [0.5, 0.6) is 5.75 Å². The minimum Gasteiger partial charge on any atom is -0.491 e. The zero-order valence-corrected chi connectivity index (χ0v) is 15.3. The van der Waals surface area contributed by atoms with Crippen LogP contribution in [0, 0.1) is 5.82 Å². The molecule has 0 aliphatic rings. The Morgan fingerprint density at radius 3 is 2.77 bits per heavy atom. The van der Waals surface area contributed by atoms with Gasteiger partial charge >= 0.3 is 0 Å². The molecule has 1 aromatic heterocycles. The van der Waals surface area contributed by atoms with Crippen molar-refractivity contribution in [3.8, 4) is 5.75 Å². The minimum absolute atomic E-state index is 0.0710. The molecule has 0 fully saturated rings. The molecule has 9 heteroatoms. The molecular weight excluding hydrogens is 339 g/mol. The molecule has 2 N–H and O–H groups in total. The average molecular weight is 364 g/mol. The quantitative estimate of drug-likeness (QED) is 0.532. The van der Waals surface area contributed by atoms with Crippen molar-refractivity contribution in [3.05, 3.63) is 42.2 Å².